The molecular weight excluding hydrogens is 732 g/mol. The van der Waals surface area contributed by atoms with E-state index in [9.17, 15) is 14.4 Å². The number of piperidine rings is 2. The second-order valence-corrected chi connectivity index (χ2v) is 16.4. The number of urea groups is 1. The van der Waals surface area contributed by atoms with Crippen LogP contribution in [-0.2, 0) is 4.79 Å². The largest absolute Gasteiger partial charge is 0.490 e. The van der Waals surface area contributed by atoms with E-state index < -0.39 is 0 Å². The van der Waals surface area contributed by atoms with Crippen molar-refractivity contribution in [1.82, 2.24) is 35.5 Å². The Morgan fingerprint density at radius 3 is 2.48 bits per heavy atom. The molecule has 3 saturated heterocycles. The number of carbonyl (C=O) groups is 3. The molecule has 2 N–H and O–H groups in total. The quantitative estimate of drug-likeness (QED) is 0.211. The molecule has 0 bridgehead atoms. The Kier molecular flexibility index (Phi) is 10.8. The third kappa shape index (κ3) is 8.15. The first-order valence-corrected chi connectivity index (χ1v) is 20.1. The van der Waals surface area contributed by atoms with Gasteiger partial charge in [-0.1, -0.05) is 24.6 Å². The predicted octanol–water partition coefficient (Wildman–Crippen LogP) is 5.86. The fourth-order valence-corrected chi connectivity index (χ4v) is 8.94. The maximum Gasteiger partial charge on any atom is 0.328 e. The van der Waals surface area contributed by atoms with Crippen molar-refractivity contribution in [2.24, 2.45) is 5.41 Å². The molecule has 1 aliphatic carbocycles. The molecule has 5 heterocycles. The molecule has 1 saturated carbocycles. The lowest BCUT2D eigenvalue weighted by molar-refractivity contribution is -0.120. The number of nitrogens with one attached hydrogen (secondary N) is 2. The summed E-state index contributed by atoms with van der Waals surface area (Å²) >= 11 is 6.15. The molecule has 0 atom stereocenters. The van der Waals surface area contributed by atoms with E-state index in [1.807, 2.05) is 24.4 Å². The second-order valence-electron chi connectivity index (χ2n) is 16.0. The van der Waals surface area contributed by atoms with Gasteiger partial charge in [-0.3, -0.25) is 24.5 Å². The number of amides is 4. The molecule has 4 fully saturated rings. The van der Waals surface area contributed by atoms with E-state index in [2.05, 4.69) is 54.4 Å². The molecule has 0 spiro atoms. The van der Waals surface area contributed by atoms with Crippen LogP contribution in [0.4, 0.5) is 16.3 Å². The van der Waals surface area contributed by atoms with E-state index in [-0.39, 0.29) is 47.9 Å². The molecule has 4 aliphatic rings. The molecule has 3 aliphatic heterocycles. The molecule has 4 amide bonds. The van der Waals surface area contributed by atoms with Gasteiger partial charge in [0.15, 0.2) is 11.5 Å². The highest BCUT2D eigenvalue weighted by Crippen LogP contribution is 2.37. The first-order valence-electron chi connectivity index (χ1n) is 19.7. The number of carbonyl (C=O) groups excluding carboxylic acids is 3. The molecule has 0 radical (unpaired) electrons. The average molecular weight is 779 g/mol. The van der Waals surface area contributed by atoms with Gasteiger partial charge in [-0.25, -0.2) is 4.79 Å². The van der Waals surface area contributed by atoms with Crippen LogP contribution >= 0.6 is 11.6 Å². The van der Waals surface area contributed by atoms with Gasteiger partial charge in [0.1, 0.15) is 11.8 Å². The van der Waals surface area contributed by atoms with Crippen molar-refractivity contribution in [3.05, 3.63) is 71.0 Å². The normalized spacial score (nSPS) is 22.1. The van der Waals surface area contributed by atoms with Crippen LogP contribution in [0.3, 0.4) is 0 Å². The summed E-state index contributed by atoms with van der Waals surface area (Å²) in [4.78, 5) is 43.8. The van der Waals surface area contributed by atoms with Crippen molar-refractivity contribution in [2.75, 3.05) is 49.1 Å². The van der Waals surface area contributed by atoms with Crippen LogP contribution in [0.1, 0.15) is 86.8 Å². The summed E-state index contributed by atoms with van der Waals surface area (Å²) in [6.07, 6.45) is 9.46. The first-order chi connectivity index (χ1) is 27.1. The van der Waals surface area contributed by atoms with E-state index in [4.69, 9.17) is 26.7 Å². The Hall–Kier alpha value is -5.26. The van der Waals surface area contributed by atoms with Gasteiger partial charge in [-0.05, 0) is 93.2 Å². The number of rotatable bonds is 9. The van der Waals surface area contributed by atoms with E-state index in [0.717, 1.165) is 106 Å². The highest BCUT2D eigenvalue weighted by molar-refractivity contribution is 6.31. The lowest BCUT2D eigenvalue weighted by atomic mass is 9.79. The van der Waals surface area contributed by atoms with E-state index in [1.54, 1.807) is 29.2 Å². The van der Waals surface area contributed by atoms with Gasteiger partial charge in [-0.15, -0.1) is 10.2 Å². The van der Waals surface area contributed by atoms with Crippen LogP contribution < -0.4 is 25.2 Å². The van der Waals surface area contributed by atoms with Crippen molar-refractivity contribution < 1.29 is 19.1 Å². The Bertz CT molecular complexity index is 2130. The number of hydrogen-bond donors (Lipinski definition) is 2. The number of aromatic nitrogens is 4. The number of anilines is 2. The lowest BCUT2D eigenvalue weighted by Crippen LogP contribution is -2.49. The second kappa shape index (κ2) is 16.1. The Morgan fingerprint density at radius 1 is 1.00 bits per heavy atom. The maximum atomic E-state index is 13.0. The third-order valence-electron chi connectivity index (χ3n) is 12.0. The van der Waals surface area contributed by atoms with Crippen LogP contribution in [-0.4, -0.2) is 94.1 Å². The zero-order chi connectivity index (χ0) is 38.8. The first kappa shape index (κ1) is 37.7. The standard InChI is InChI=1S/C41H47ClN10O4/c1-41(26-49-18-13-29(14-19-49)52-36-4-2-3-35(32(36)25-44-52)51-20-15-38(53)46-40(51)55)16-21-50(22-17-41)37-12-11-34(47-48-37)39(54)45-28-6-9-30(10-7-28)56-31-8-5-27(24-43)33(42)23-31/h2-5,8,11-12,23,25,28-30H,6-7,9-10,13-22,26H2,1H3,(H,45,54)(H,46,53,55)/t28-,30-. The van der Waals surface area contributed by atoms with Crippen LogP contribution in [0, 0.1) is 16.7 Å². The smallest absolute Gasteiger partial charge is 0.328 e. The zero-order valence-electron chi connectivity index (χ0n) is 31.6. The van der Waals surface area contributed by atoms with E-state index in [0.29, 0.717) is 28.6 Å². The van der Waals surface area contributed by atoms with Crippen molar-refractivity contribution >= 4 is 51.9 Å². The minimum Gasteiger partial charge on any atom is -0.490 e. The maximum absolute atomic E-state index is 13.0. The van der Waals surface area contributed by atoms with Gasteiger partial charge in [0.25, 0.3) is 5.91 Å². The van der Waals surface area contributed by atoms with Gasteiger partial charge >= 0.3 is 6.03 Å². The highest BCUT2D eigenvalue weighted by Gasteiger charge is 2.35. The molecule has 15 heteroatoms. The van der Waals surface area contributed by atoms with E-state index >= 15 is 0 Å². The molecule has 8 rings (SSSR count). The molecule has 292 valence electrons. The van der Waals surface area contributed by atoms with Crippen molar-refractivity contribution in [3.8, 4) is 11.8 Å². The highest BCUT2D eigenvalue weighted by atomic mass is 35.5. The molecule has 56 heavy (non-hydrogen) atoms. The van der Waals surface area contributed by atoms with Gasteiger partial charge < -0.3 is 19.9 Å². The fraction of sp³-hybridized carbons (Fsp3) is 0.488. The summed E-state index contributed by atoms with van der Waals surface area (Å²) in [6, 6.07) is 16.7. The summed E-state index contributed by atoms with van der Waals surface area (Å²) in [5, 5.41) is 29.5. The third-order valence-corrected chi connectivity index (χ3v) is 12.3. The summed E-state index contributed by atoms with van der Waals surface area (Å²) in [6.45, 7) is 7.58. The summed E-state index contributed by atoms with van der Waals surface area (Å²) < 4.78 is 8.21. The van der Waals surface area contributed by atoms with Crippen LogP contribution in [0.2, 0.25) is 5.02 Å². The number of fused-ring (bicyclic) bond motifs is 1. The number of hydrogen-bond acceptors (Lipinski definition) is 10. The molecule has 2 aromatic carbocycles. The Labute approximate surface area is 331 Å². The minimum absolute atomic E-state index is 0.0303. The van der Waals surface area contributed by atoms with Crippen LogP contribution in [0.5, 0.6) is 5.75 Å². The summed E-state index contributed by atoms with van der Waals surface area (Å²) in [5.74, 6) is 0.999. The van der Waals surface area contributed by atoms with Gasteiger partial charge in [0.2, 0.25) is 5.91 Å². The number of halogens is 1. The molecule has 2 aromatic heterocycles. The van der Waals surface area contributed by atoms with Gasteiger partial charge in [0.05, 0.1) is 40.1 Å². The molecular formula is C41H47ClN10O4. The number of ether oxygens (including phenoxy) is 1. The molecule has 14 nitrogen and oxygen atoms in total. The lowest BCUT2D eigenvalue weighted by Gasteiger charge is -2.44. The van der Waals surface area contributed by atoms with Crippen LogP contribution in [0.25, 0.3) is 10.9 Å². The number of likely N-dealkylation sites (tertiary alicyclic amines) is 1. The number of nitriles is 1. The summed E-state index contributed by atoms with van der Waals surface area (Å²) in [5.41, 5.74) is 2.74. The minimum atomic E-state index is -0.383. The molecule has 4 aromatic rings. The molecule has 0 unspecified atom stereocenters. The number of benzene rings is 2. The monoisotopic (exact) mass is 778 g/mol. The number of imide groups is 1. The van der Waals surface area contributed by atoms with E-state index in [1.165, 1.54) is 0 Å². The van der Waals surface area contributed by atoms with Crippen molar-refractivity contribution in [1.29, 1.82) is 5.26 Å². The fourth-order valence-electron chi connectivity index (χ4n) is 8.72. The zero-order valence-corrected chi connectivity index (χ0v) is 32.4. The summed E-state index contributed by atoms with van der Waals surface area (Å²) in [7, 11) is 0. The van der Waals surface area contributed by atoms with Crippen molar-refractivity contribution in [2.45, 2.75) is 82.9 Å². The predicted molar refractivity (Wildman–Crippen MR) is 212 cm³/mol. The topological polar surface area (TPSA) is 162 Å². The van der Waals surface area contributed by atoms with Crippen LogP contribution in [0.15, 0.2) is 54.7 Å². The van der Waals surface area contributed by atoms with Gasteiger partial charge in [0, 0.05) is 63.2 Å². The van der Waals surface area contributed by atoms with Crippen molar-refractivity contribution in [3.63, 3.8) is 0 Å². The average Bonchev–Trinajstić information content (AvgIpc) is 3.64. The van der Waals surface area contributed by atoms with Gasteiger partial charge in [-0.2, -0.15) is 10.4 Å². The Balaban J connectivity index is 0.777. The SMILES string of the molecule is CC1(CN2CCC(n3ncc4c(N5CCC(=O)NC5=O)cccc43)CC2)CCN(c2ccc(C(=O)N[C@H]3CC[C@H](Oc4ccc(C#N)c(Cl)c4)CC3)nn2)CC1. The Morgan fingerprint density at radius 2 is 1.79 bits per heavy atom. The number of nitrogens with zero attached hydrogens (tertiary/aromatic N) is 8.